The van der Waals surface area contributed by atoms with Gasteiger partial charge in [-0.1, -0.05) is 0 Å². The summed E-state index contributed by atoms with van der Waals surface area (Å²) in [7, 11) is 0. The van der Waals surface area contributed by atoms with Gasteiger partial charge in [-0.3, -0.25) is 4.79 Å². The van der Waals surface area contributed by atoms with Crippen molar-refractivity contribution in [3.63, 3.8) is 0 Å². The number of nitrogens with one attached hydrogen (secondary N) is 2. The van der Waals surface area contributed by atoms with Crippen LogP contribution in [0.25, 0.3) is 0 Å². The van der Waals surface area contributed by atoms with E-state index < -0.39 is 0 Å². The average molecular weight is 196 g/mol. The Hall–Kier alpha value is -0.570. The number of rotatable bonds is 2. The van der Waals surface area contributed by atoms with Crippen molar-refractivity contribution in [1.82, 2.24) is 10.6 Å². The van der Waals surface area contributed by atoms with E-state index in [1.54, 1.807) is 0 Å². The van der Waals surface area contributed by atoms with E-state index in [9.17, 15) is 4.79 Å². The van der Waals surface area contributed by atoms with Gasteiger partial charge in [0, 0.05) is 12.1 Å². The lowest BCUT2D eigenvalue weighted by Crippen LogP contribution is -2.54. The Labute approximate surface area is 85.6 Å². The fourth-order valence-electron chi connectivity index (χ4n) is 2.31. The maximum absolute atomic E-state index is 11.9. The normalized spacial score (nSPS) is 30.5. The van der Waals surface area contributed by atoms with Crippen LogP contribution < -0.4 is 10.6 Å². The summed E-state index contributed by atoms with van der Waals surface area (Å²) in [5.74, 6) is 0.473. The van der Waals surface area contributed by atoms with Gasteiger partial charge in [-0.2, -0.15) is 0 Å². The summed E-state index contributed by atoms with van der Waals surface area (Å²) >= 11 is 0. The van der Waals surface area contributed by atoms with E-state index in [0.29, 0.717) is 0 Å². The van der Waals surface area contributed by atoms with E-state index in [0.717, 1.165) is 38.8 Å². The van der Waals surface area contributed by atoms with Crippen LogP contribution in [0, 0.1) is 5.92 Å². The highest BCUT2D eigenvalue weighted by molar-refractivity contribution is 5.79. The standard InChI is InChI=1S/C11H20N2O/c1-11(5-3-6-11)13-10(14)9-4-2-7-12-8-9/h9,12H,2-8H2,1H3,(H,13,14)/t9-/m0/s1. The third kappa shape index (κ3) is 2.08. The van der Waals surface area contributed by atoms with Crippen molar-refractivity contribution in [2.24, 2.45) is 5.92 Å². The second-order valence-corrected chi connectivity index (χ2v) is 4.95. The fourth-order valence-corrected chi connectivity index (χ4v) is 2.31. The fraction of sp³-hybridized carbons (Fsp3) is 0.909. The SMILES string of the molecule is CC1(NC(=O)[C@H]2CCCNC2)CCC1. The second kappa shape index (κ2) is 3.89. The molecule has 0 aromatic heterocycles. The summed E-state index contributed by atoms with van der Waals surface area (Å²) in [6.45, 7) is 4.09. The van der Waals surface area contributed by atoms with Crippen LogP contribution in [-0.4, -0.2) is 24.5 Å². The van der Waals surface area contributed by atoms with Crippen LogP contribution in [0.1, 0.15) is 39.0 Å². The Balaban J connectivity index is 1.81. The molecule has 14 heavy (non-hydrogen) atoms. The van der Waals surface area contributed by atoms with Gasteiger partial charge in [-0.25, -0.2) is 0 Å². The molecule has 1 saturated carbocycles. The van der Waals surface area contributed by atoms with Gasteiger partial charge in [0.15, 0.2) is 0 Å². The summed E-state index contributed by atoms with van der Waals surface area (Å²) in [5, 5.41) is 6.46. The van der Waals surface area contributed by atoms with Crippen LogP contribution in [-0.2, 0) is 4.79 Å². The second-order valence-electron chi connectivity index (χ2n) is 4.95. The molecule has 0 bridgehead atoms. The van der Waals surface area contributed by atoms with Gasteiger partial charge in [0.2, 0.25) is 5.91 Å². The molecule has 1 aliphatic carbocycles. The third-order valence-corrected chi connectivity index (χ3v) is 3.55. The maximum Gasteiger partial charge on any atom is 0.224 e. The number of hydrogen-bond acceptors (Lipinski definition) is 2. The Bertz CT molecular complexity index is 217. The largest absolute Gasteiger partial charge is 0.351 e. The molecule has 0 spiro atoms. The van der Waals surface area contributed by atoms with Crippen LogP contribution in [0.3, 0.4) is 0 Å². The average Bonchev–Trinajstić information content (AvgIpc) is 2.17. The first-order valence-electron chi connectivity index (χ1n) is 5.72. The van der Waals surface area contributed by atoms with E-state index in [1.807, 2.05) is 0 Å². The van der Waals surface area contributed by atoms with Crippen LogP contribution >= 0.6 is 0 Å². The molecule has 1 amide bonds. The molecule has 1 aliphatic heterocycles. The molecule has 0 aromatic carbocycles. The zero-order valence-corrected chi connectivity index (χ0v) is 8.94. The van der Waals surface area contributed by atoms with E-state index in [-0.39, 0.29) is 17.4 Å². The van der Waals surface area contributed by atoms with Crippen molar-refractivity contribution in [3.05, 3.63) is 0 Å². The van der Waals surface area contributed by atoms with Gasteiger partial charge in [0.25, 0.3) is 0 Å². The first-order chi connectivity index (χ1) is 6.70. The minimum atomic E-state index is 0.120. The molecule has 0 unspecified atom stereocenters. The smallest absolute Gasteiger partial charge is 0.224 e. The number of carbonyl (C=O) groups excluding carboxylic acids is 1. The zero-order valence-electron chi connectivity index (χ0n) is 8.94. The lowest BCUT2D eigenvalue weighted by atomic mass is 9.78. The summed E-state index contributed by atoms with van der Waals surface area (Å²) in [5.41, 5.74) is 0.120. The van der Waals surface area contributed by atoms with E-state index in [2.05, 4.69) is 17.6 Å². The predicted molar refractivity (Wildman–Crippen MR) is 56.0 cm³/mol. The van der Waals surface area contributed by atoms with E-state index >= 15 is 0 Å². The van der Waals surface area contributed by atoms with E-state index in [4.69, 9.17) is 0 Å². The molecule has 1 atom stereocenters. The van der Waals surface area contributed by atoms with Crippen molar-refractivity contribution in [3.8, 4) is 0 Å². The van der Waals surface area contributed by atoms with Gasteiger partial charge >= 0.3 is 0 Å². The lowest BCUT2D eigenvalue weighted by Gasteiger charge is -2.40. The quantitative estimate of drug-likeness (QED) is 0.693. The zero-order chi connectivity index (χ0) is 10.0. The van der Waals surface area contributed by atoms with Crippen molar-refractivity contribution in [1.29, 1.82) is 0 Å². The molecular weight excluding hydrogens is 176 g/mol. The van der Waals surface area contributed by atoms with Gasteiger partial charge < -0.3 is 10.6 Å². The Morgan fingerprint density at radius 1 is 1.43 bits per heavy atom. The van der Waals surface area contributed by atoms with Gasteiger partial charge in [-0.15, -0.1) is 0 Å². The lowest BCUT2D eigenvalue weighted by molar-refractivity contribution is -0.128. The Morgan fingerprint density at radius 3 is 2.71 bits per heavy atom. The van der Waals surface area contributed by atoms with Crippen molar-refractivity contribution in [2.75, 3.05) is 13.1 Å². The van der Waals surface area contributed by atoms with Crippen LogP contribution in [0.4, 0.5) is 0 Å². The molecule has 0 radical (unpaired) electrons. The molecule has 1 heterocycles. The molecule has 80 valence electrons. The highest BCUT2D eigenvalue weighted by Crippen LogP contribution is 2.31. The highest BCUT2D eigenvalue weighted by Gasteiger charge is 2.35. The van der Waals surface area contributed by atoms with Crippen molar-refractivity contribution < 1.29 is 4.79 Å². The number of carbonyl (C=O) groups is 1. The molecule has 2 aliphatic rings. The summed E-state index contributed by atoms with van der Waals surface area (Å²) in [6, 6.07) is 0. The van der Waals surface area contributed by atoms with E-state index in [1.165, 1.54) is 6.42 Å². The molecule has 3 heteroatoms. The maximum atomic E-state index is 11.9. The molecule has 2 N–H and O–H groups in total. The van der Waals surface area contributed by atoms with Gasteiger partial charge in [0.05, 0.1) is 5.92 Å². The molecule has 2 fully saturated rings. The first kappa shape index (κ1) is 9.97. The minimum absolute atomic E-state index is 0.120. The van der Waals surface area contributed by atoms with Crippen molar-refractivity contribution in [2.45, 2.75) is 44.6 Å². The predicted octanol–water partition coefficient (Wildman–Crippen LogP) is 1.04. The van der Waals surface area contributed by atoms with Gasteiger partial charge in [0.1, 0.15) is 0 Å². The number of piperidine rings is 1. The summed E-state index contributed by atoms with van der Waals surface area (Å²) < 4.78 is 0. The summed E-state index contributed by atoms with van der Waals surface area (Å²) in [6.07, 6.45) is 5.75. The third-order valence-electron chi connectivity index (χ3n) is 3.55. The monoisotopic (exact) mass is 196 g/mol. The Morgan fingerprint density at radius 2 is 2.21 bits per heavy atom. The summed E-state index contributed by atoms with van der Waals surface area (Å²) in [4.78, 5) is 11.9. The highest BCUT2D eigenvalue weighted by atomic mass is 16.2. The molecule has 1 saturated heterocycles. The van der Waals surface area contributed by atoms with Crippen LogP contribution in [0.5, 0.6) is 0 Å². The van der Waals surface area contributed by atoms with Crippen molar-refractivity contribution >= 4 is 5.91 Å². The minimum Gasteiger partial charge on any atom is -0.351 e. The van der Waals surface area contributed by atoms with Crippen LogP contribution in [0.2, 0.25) is 0 Å². The number of hydrogen-bond donors (Lipinski definition) is 2. The Kier molecular flexibility index (Phi) is 2.77. The number of amides is 1. The molecule has 2 rings (SSSR count). The van der Waals surface area contributed by atoms with Crippen LogP contribution in [0.15, 0.2) is 0 Å². The topological polar surface area (TPSA) is 41.1 Å². The molecular formula is C11H20N2O. The molecule has 0 aromatic rings. The first-order valence-corrected chi connectivity index (χ1v) is 5.72. The molecule has 3 nitrogen and oxygen atoms in total. The van der Waals surface area contributed by atoms with Gasteiger partial charge in [-0.05, 0) is 45.6 Å².